The average Bonchev–Trinajstić information content (AvgIpc) is 3.32. The molecule has 3 heterocycles. The van der Waals surface area contributed by atoms with E-state index in [4.69, 9.17) is 4.74 Å². The third kappa shape index (κ3) is 4.56. The Hall–Kier alpha value is -1.90. The Balaban J connectivity index is 1.37. The van der Waals surface area contributed by atoms with Crippen molar-refractivity contribution in [2.75, 3.05) is 32.9 Å². The molecule has 0 spiro atoms. The molecule has 0 amide bonds. The Morgan fingerprint density at radius 2 is 2.00 bits per heavy atom. The second kappa shape index (κ2) is 8.63. The lowest BCUT2D eigenvalue weighted by atomic mass is 9.81. The van der Waals surface area contributed by atoms with Crippen LogP contribution in [0.4, 0.5) is 4.39 Å². The number of aliphatic hydroxyl groups is 1. The number of aliphatic hydroxyl groups excluding tert-OH is 1. The molecule has 1 aromatic heterocycles. The highest BCUT2D eigenvalue weighted by Crippen LogP contribution is 2.34. The smallest absolute Gasteiger partial charge is 0.165 e. The zero-order valence-corrected chi connectivity index (χ0v) is 16.1. The Morgan fingerprint density at radius 3 is 2.75 bits per heavy atom. The van der Waals surface area contributed by atoms with Gasteiger partial charge in [0.2, 0.25) is 0 Å². The molecule has 2 fully saturated rings. The van der Waals surface area contributed by atoms with Gasteiger partial charge in [0, 0.05) is 31.7 Å². The summed E-state index contributed by atoms with van der Waals surface area (Å²) in [5, 5.41) is 22.4. The molecule has 1 N–H and O–H groups in total. The largest absolute Gasteiger partial charge is 0.396 e. The van der Waals surface area contributed by atoms with Crippen LogP contribution in [0, 0.1) is 17.2 Å². The van der Waals surface area contributed by atoms with E-state index in [1.165, 1.54) is 12.1 Å². The fourth-order valence-corrected chi connectivity index (χ4v) is 4.38. The van der Waals surface area contributed by atoms with E-state index in [0.717, 1.165) is 69.9 Å². The third-order valence-corrected chi connectivity index (χ3v) is 6.09. The maximum Gasteiger partial charge on any atom is 0.165 e. The van der Waals surface area contributed by atoms with Gasteiger partial charge in [0.1, 0.15) is 5.82 Å². The quantitative estimate of drug-likeness (QED) is 0.776. The van der Waals surface area contributed by atoms with E-state index in [2.05, 4.69) is 20.4 Å². The Morgan fingerprint density at radius 1 is 1.21 bits per heavy atom. The van der Waals surface area contributed by atoms with E-state index < -0.39 is 0 Å². The zero-order chi connectivity index (χ0) is 19.4. The van der Waals surface area contributed by atoms with Crippen LogP contribution in [0.15, 0.2) is 24.3 Å². The number of rotatable bonds is 7. The van der Waals surface area contributed by atoms with Gasteiger partial charge in [-0.3, -0.25) is 4.90 Å². The predicted molar refractivity (Wildman–Crippen MR) is 101 cm³/mol. The van der Waals surface area contributed by atoms with Crippen molar-refractivity contribution in [2.24, 2.45) is 11.3 Å². The molecular weight excluding hydrogens is 361 g/mol. The zero-order valence-electron chi connectivity index (χ0n) is 16.1. The molecule has 4 rings (SSSR count). The van der Waals surface area contributed by atoms with Gasteiger partial charge < -0.3 is 9.84 Å². The molecule has 28 heavy (non-hydrogen) atoms. The van der Waals surface area contributed by atoms with Crippen molar-refractivity contribution >= 4 is 0 Å². The summed E-state index contributed by atoms with van der Waals surface area (Å²) in [6.07, 6.45) is 3.75. The second-order valence-corrected chi connectivity index (χ2v) is 8.25. The maximum absolute atomic E-state index is 13.2. The summed E-state index contributed by atoms with van der Waals surface area (Å²) < 4.78 is 20.5. The molecule has 1 unspecified atom stereocenters. The molecule has 8 heteroatoms. The molecule has 152 valence electrons. The first-order valence-electron chi connectivity index (χ1n) is 10.1. The van der Waals surface area contributed by atoms with Crippen molar-refractivity contribution in [3.05, 3.63) is 41.5 Å². The number of nitrogens with zero attached hydrogens (tertiary/aromatic N) is 5. The van der Waals surface area contributed by atoms with Crippen LogP contribution in [-0.2, 0) is 24.2 Å². The first kappa shape index (κ1) is 19.4. The van der Waals surface area contributed by atoms with E-state index in [-0.39, 0.29) is 17.8 Å². The summed E-state index contributed by atoms with van der Waals surface area (Å²) in [4.78, 5) is 2.31. The van der Waals surface area contributed by atoms with Crippen LogP contribution in [0.2, 0.25) is 0 Å². The first-order valence-corrected chi connectivity index (χ1v) is 10.1. The van der Waals surface area contributed by atoms with Gasteiger partial charge >= 0.3 is 0 Å². The molecule has 2 saturated heterocycles. The highest BCUT2D eigenvalue weighted by Gasteiger charge is 2.38. The van der Waals surface area contributed by atoms with Crippen LogP contribution in [0.3, 0.4) is 0 Å². The Labute approximate surface area is 164 Å². The molecule has 0 saturated carbocycles. The molecule has 0 bridgehead atoms. The molecule has 1 aromatic carbocycles. The highest BCUT2D eigenvalue weighted by molar-refractivity contribution is 5.18. The Bertz CT molecular complexity index is 762. The molecule has 7 nitrogen and oxygen atoms in total. The monoisotopic (exact) mass is 389 g/mol. The predicted octanol–water partition coefficient (Wildman–Crippen LogP) is 1.67. The van der Waals surface area contributed by atoms with Crippen LogP contribution < -0.4 is 0 Å². The highest BCUT2D eigenvalue weighted by atomic mass is 19.1. The lowest BCUT2D eigenvalue weighted by molar-refractivity contribution is 0.0593. The minimum absolute atomic E-state index is 0.119. The minimum Gasteiger partial charge on any atom is -0.396 e. The molecule has 1 atom stereocenters. The van der Waals surface area contributed by atoms with Gasteiger partial charge in [-0.25, -0.2) is 9.07 Å². The number of hydrogen-bond donors (Lipinski definition) is 1. The summed E-state index contributed by atoms with van der Waals surface area (Å²) in [5.74, 6) is 1.21. The summed E-state index contributed by atoms with van der Waals surface area (Å²) in [6, 6.07) is 6.59. The van der Waals surface area contributed by atoms with Crippen molar-refractivity contribution in [1.29, 1.82) is 0 Å². The molecular formula is C20H28FN5O2. The summed E-state index contributed by atoms with van der Waals surface area (Å²) in [5.41, 5.74) is 0.859. The van der Waals surface area contributed by atoms with Gasteiger partial charge in [-0.2, -0.15) is 0 Å². The van der Waals surface area contributed by atoms with Crippen LogP contribution >= 0.6 is 0 Å². The molecule has 0 aliphatic carbocycles. The normalized spacial score (nSPS) is 24.1. The van der Waals surface area contributed by atoms with Crippen LogP contribution in [0.25, 0.3) is 0 Å². The van der Waals surface area contributed by atoms with Crippen molar-refractivity contribution in [3.63, 3.8) is 0 Å². The first-order chi connectivity index (χ1) is 13.7. The standard InChI is InChI=1S/C20H28FN5O2/c21-18-3-1-16(2-4-18)11-20(15-27)7-8-25(14-20)13-19-22-23-24-26(19)12-17-5-9-28-10-6-17/h1-4,17,27H,5-15H2. The average molecular weight is 389 g/mol. The van der Waals surface area contributed by atoms with Gasteiger partial charge in [0.05, 0.1) is 13.2 Å². The summed E-state index contributed by atoms with van der Waals surface area (Å²) in [7, 11) is 0. The number of tetrazole rings is 1. The number of ether oxygens (including phenoxy) is 1. The lowest BCUT2D eigenvalue weighted by Gasteiger charge is -2.27. The maximum atomic E-state index is 13.2. The number of likely N-dealkylation sites (tertiary alicyclic amines) is 1. The third-order valence-electron chi connectivity index (χ3n) is 6.09. The van der Waals surface area contributed by atoms with Crippen molar-refractivity contribution < 1.29 is 14.2 Å². The fraction of sp³-hybridized carbons (Fsp3) is 0.650. The topological polar surface area (TPSA) is 76.3 Å². The van der Waals surface area contributed by atoms with Gasteiger partial charge in [-0.1, -0.05) is 12.1 Å². The van der Waals surface area contributed by atoms with E-state index in [9.17, 15) is 9.50 Å². The summed E-state index contributed by atoms with van der Waals surface area (Å²) >= 11 is 0. The van der Waals surface area contributed by atoms with E-state index in [0.29, 0.717) is 12.5 Å². The van der Waals surface area contributed by atoms with Crippen molar-refractivity contribution in [1.82, 2.24) is 25.1 Å². The number of hydrogen-bond acceptors (Lipinski definition) is 6. The number of aromatic nitrogens is 4. The SMILES string of the molecule is OCC1(Cc2ccc(F)cc2)CCN(Cc2nnnn2CC2CCOCC2)C1. The van der Waals surface area contributed by atoms with Gasteiger partial charge in [-0.15, -0.1) is 5.10 Å². The second-order valence-electron chi connectivity index (χ2n) is 8.25. The van der Waals surface area contributed by atoms with Crippen LogP contribution in [0.5, 0.6) is 0 Å². The van der Waals surface area contributed by atoms with Crippen molar-refractivity contribution in [2.45, 2.75) is 38.8 Å². The number of halogens is 1. The summed E-state index contributed by atoms with van der Waals surface area (Å²) in [6.45, 7) is 4.94. The van der Waals surface area contributed by atoms with E-state index in [1.807, 2.05) is 16.8 Å². The van der Waals surface area contributed by atoms with Crippen LogP contribution in [0.1, 0.15) is 30.7 Å². The lowest BCUT2D eigenvalue weighted by Crippen LogP contribution is -2.33. The van der Waals surface area contributed by atoms with Crippen molar-refractivity contribution in [3.8, 4) is 0 Å². The molecule has 2 aliphatic rings. The van der Waals surface area contributed by atoms with E-state index in [1.54, 1.807) is 0 Å². The van der Waals surface area contributed by atoms with Gasteiger partial charge in [-0.05, 0) is 66.3 Å². The van der Waals surface area contributed by atoms with E-state index >= 15 is 0 Å². The molecule has 2 aliphatic heterocycles. The molecule has 0 radical (unpaired) electrons. The van der Waals surface area contributed by atoms with Gasteiger partial charge in [0.25, 0.3) is 0 Å². The minimum atomic E-state index is -0.230. The fourth-order valence-electron chi connectivity index (χ4n) is 4.38. The number of benzene rings is 1. The van der Waals surface area contributed by atoms with Gasteiger partial charge in [0.15, 0.2) is 5.82 Å². The molecule has 2 aromatic rings. The Kier molecular flexibility index (Phi) is 5.99. The van der Waals surface area contributed by atoms with Crippen LogP contribution in [-0.4, -0.2) is 63.1 Å².